The van der Waals surface area contributed by atoms with Gasteiger partial charge in [0.05, 0.1) is 32.4 Å². The molecule has 1 fully saturated rings. The molecule has 0 radical (unpaired) electrons. The van der Waals surface area contributed by atoms with Crippen LogP contribution in [0.3, 0.4) is 0 Å². The summed E-state index contributed by atoms with van der Waals surface area (Å²) in [6.45, 7) is 4.36. The molecule has 3 aromatic rings. The fourth-order valence-electron chi connectivity index (χ4n) is 3.92. The van der Waals surface area contributed by atoms with Crippen molar-refractivity contribution < 1.29 is 18.9 Å². The number of benzene rings is 2. The summed E-state index contributed by atoms with van der Waals surface area (Å²) in [4.78, 5) is 30.6. The van der Waals surface area contributed by atoms with Crippen LogP contribution in [0.25, 0.3) is 0 Å². The predicted octanol–water partition coefficient (Wildman–Crippen LogP) is 1.85. The summed E-state index contributed by atoms with van der Waals surface area (Å²) in [5.41, 5.74) is 2.24. The molecule has 0 saturated carbocycles. The van der Waals surface area contributed by atoms with Gasteiger partial charge in [-0.05, 0) is 23.3 Å². The summed E-state index contributed by atoms with van der Waals surface area (Å²) in [5, 5.41) is 0. The molecule has 1 N–H and O–H groups in total. The largest absolute Gasteiger partial charge is 0.459 e. The van der Waals surface area contributed by atoms with Crippen molar-refractivity contribution in [3.05, 3.63) is 95.9 Å². The topological polar surface area (TPSA) is 58.2 Å². The number of carbonyl (C=O) groups excluding carboxylic acids is 2. The molecule has 0 atom stereocenters. The molecule has 2 aromatic carbocycles. The van der Waals surface area contributed by atoms with Gasteiger partial charge < -0.3 is 19.1 Å². The first-order chi connectivity index (χ1) is 15.2. The molecule has 2 amide bonds. The van der Waals surface area contributed by atoms with E-state index in [2.05, 4.69) is 24.3 Å². The third-order valence-electron chi connectivity index (χ3n) is 5.68. The van der Waals surface area contributed by atoms with Crippen molar-refractivity contribution in [2.45, 2.75) is 13.1 Å². The van der Waals surface area contributed by atoms with Gasteiger partial charge in [0.1, 0.15) is 0 Å². The number of amides is 2. The number of nitrogens with one attached hydrogen (secondary N) is 1. The summed E-state index contributed by atoms with van der Waals surface area (Å²) in [6.07, 6.45) is 1.52. The summed E-state index contributed by atoms with van der Waals surface area (Å²) in [6, 6.07) is 23.6. The quantitative estimate of drug-likeness (QED) is 0.637. The monoisotopic (exact) mass is 418 g/mol. The second-order valence-electron chi connectivity index (χ2n) is 7.92. The van der Waals surface area contributed by atoms with Gasteiger partial charge in [0.15, 0.2) is 12.3 Å². The van der Waals surface area contributed by atoms with E-state index in [0.717, 1.165) is 24.2 Å². The average molecular weight is 419 g/mol. The van der Waals surface area contributed by atoms with Gasteiger partial charge in [-0.15, -0.1) is 0 Å². The molecule has 6 nitrogen and oxygen atoms in total. The van der Waals surface area contributed by atoms with Gasteiger partial charge in [-0.3, -0.25) is 9.59 Å². The normalized spacial score (nSPS) is 14.4. The Balaban J connectivity index is 1.36. The second-order valence-corrected chi connectivity index (χ2v) is 7.92. The number of rotatable bonds is 7. The minimum absolute atomic E-state index is 0.0786. The van der Waals surface area contributed by atoms with Crippen LogP contribution in [0.5, 0.6) is 0 Å². The molecule has 1 saturated heterocycles. The maximum absolute atomic E-state index is 13.2. The van der Waals surface area contributed by atoms with Crippen molar-refractivity contribution in [3.8, 4) is 0 Å². The van der Waals surface area contributed by atoms with E-state index >= 15 is 0 Å². The Bertz CT molecular complexity index is 924. The molecule has 160 valence electrons. The highest BCUT2D eigenvalue weighted by Gasteiger charge is 2.28. The first-order valence-electron chi connectivity index (χ1n) is 10.7. The van der Waals surface area contributed by atoms with E-state index in [1.807, 2.05) is 41.3 Å². The van der Waals surface area contributed by atoms with Crippen LogP contribution in [0, 0.1) is 0 Å². The van der Waals surface area contributed by atoms with Crippen molar-refractivity contribution in [2.75, 3.05) is 32.7 Å². The maximum Gasteiger partial charge on any atom is 0.289 e. The SMILES string of the molecule is O=C(C[NH+]1CCN(C(=O)c2ccco2)CC1)N(Cc1ccccc1)Cc1ccccc1. The molecule has 1 aliphatic rings. The van der Waals surface area contributed by atoms with Gasteiger partial charge in [0.25, 0.3) is 11.8 Å². The van der Waals surface area contributed by atoms with E-state index in [4.69, 9.17) is 4.42 Å². The molecule has 4 rings (SSSR count). The molecule has 0 unspecified atom stereocenters. The third-order valence-corrected chi connectivity index (χ3v) is 5.68. The van der Waals surface area contributed by atoms with Gasteiger partial charge in [-0.2, -0.15) is 0 Å². The number of furan rings is 1. The zero-order valence-electron chi connectivity index (χ0n) is 17.6. The second kappa shape index (κ2) is 10.1. The maximum atomic E-state index is 13.2. The van der Waals surface area contributed by atoms with Crippen molar-refractivity contribution in [1.82, 2.24) is 9.80 Å². The molecule has 0 aliphatic carbocycles. The minimum Gasteiger partial charge on any atom is -0.459 e. The van der Waals surface area contributed by atoms with Gasteiger partial charge in [-0.25, -0.2) is 0 Å². The molecular formula is C25H28N3O3+. The number of hydrogen-bond acceptors (Lipinski definition) is 3. The minimum atomic E-state index is -0.0786. The standard InChI is InChI=1S/C25H27N3O3/c29-24(20-26-13-15-27(16-14-26)25(30)23-12-7-17-31-23)28(18-21-8-3-1-4-9-21)19-22-10-5-2-6-11-22/h1-12,17H,13-16,18-20H2/p+1. The van der Waals surface area contributed by atoms with Gasteiger partial charge in [-0.1, -0.05) is 60.7 Å². The molecule has 31 heavy (non-hydrogen) atoms. The lowest BCUT2D eigenvalue weighted by atomic mass is 10.1. The average Bonchev–Trinajstić information content (AvgIpc) is 3.35. The van der Waals surface area contributed by atoms with E-state index in [0.29, 0.717) is 38.5 Å². The molecule has 1 aliphatic heterocycles. The molecular weight excluding hydrogens is 390 g/mol. The smallest absolute Gasteiger partial charge is 0.289 e. The van der Waals surface area contributed by atoms with Crippen LogP contribution in [0.15, 0.2) is 83.5 Å². The van der Waals surface area contributed by atoms with Crippen molar-refractivity contribution >= 4 is 11.8 Å². The van der Waals surface area contributed by atoms with Gasteiger partial charge >= 0.3 is 0 Å². The summed E-state index contributed by atoms with van der Waals surface area (Å²) in [7, 11) is 0. The van der Waals surface area contributed by atoms with Crippen LogP contribution in [0.2, 0.25) is 0 Å². The van der Waals surface area contributed by atoms with Crippen LogP contribution in [0.1, 0.15) is 21.7 Å². The molecule has 6 heteroatoms. The predicted molar refractivity (Wildman–Crippen MR) is 117 cm³/mol. The van der Waals surface area contributed by atoms with E-state index in [1.54, 1.807) is 17.0 Å². The summed E-state index contributed by atoms with van der Waals surface area (Å²) in [5.74, 6) is 0.426. The van der Waals surface area contributed by atoms with E-state index in [-0.39, 0.29) is 11.8 Å². The van der Waals surface area contributed by atoms with Crippen molar-refractivity contribution in [3.63, 3.8) is 0 Å². The van der Waals surface area contributed by atoms with Gasteiger partial charge in [0, 0.05) is 13.1 Å². The Morgan fingerprint density at radius 1 is 0.839 bits per heavy atom. The highest BCUT2D eigenvalue weighted by atomic mass is 16.3. The number of nitrogens with zero attached hydrogens (tertiary/aromatic N) is 2. The Morgan fingerprint density at radius 3 is 1.94 bits per heavy atom. The number of carbonyl (C=O) groups is 2. The van der Waals surface area contributed by atoms with E-state index < -0.39 is 0 Å². The van der Waals surface area contributed by atoms with Crippen LogP contribution >= 0.6 is 0 Å². The van der Waals surface area contributed by atoms with E-state index in [1.165, 1.54) is 11.2 Å². The van der Waals surface area contributed by atoms with Crippen LogP contribution < -0.4 is 4.90 Å². The first-order valence-corrected chi connectivity index (χ1v) is 10.7. The fraction of sp³-hybridized carbons (Fsp3) is 0.280. The van der Waals surface area contributed by atoms with E-state index in [9.17, 15) is 9.59 Å². The number of hydrogen-bond donors (Lipinski definition) is 1. The van der Waals surface area contributed by atoms with Crippen LogP contribution in [-0.4, -0.2) is 54.3 Å². The lowest BCUT2D eigenvalue weighted by Crippen LogP contribution is -3.15. The lowest BCUT2D eigenvalue weighted by molar-refractivity contribution is -0.896. The third kappa shape index (κ3) is 5.61. The molecule has 0 bridgehead atoms. The van der Waals surface area contributed by atoms with Crippen LogP contribution in [0.4, 0.5) is 0 Å². The zero-order chi connectivity index (χ0) is 21.5. The molecule has 2 heterocycles. The Morgan fingerprint density at radius 2 is 1.42 bits per heavy atom. The zero-order valence-corrected chi connectivity index (χ0v) is 17.6. The molecule has 1 aromatic heterocycles. The van der Waals surface area contributed by atoms with Gasteiger partial charge in [0.2, 0.25) is 0 Å². The number of piperazine rings is 1. The number of quaternary nitrogens is 1. The highest BCUT2D eigenvalue weighted by molar-refractivity contribution is 5.91. The molecule has 0 spiro atoms. The first kappa shape index (κ1) is 20.9. The lowest BCUT2D eigenvalue weighted by Gasteiger charge is -2.32. The fourth-order valence-corrected chi connectivity index (χ4v) is 3.92. The van der Waals surface area contributed by atoms with Crippen molar-refractivity contribution in [2.24, 2.45) is 0 Å². The Hall–Kier alpha value is -3.38. The highest BCUT2D eigenvalue weighted by Crippen LogP contribution is 2.10. The summed E-state index contributed by atoms with van der Waals surface area (Å²) < 4.78 is 5.23. The van der Waals surface area contributed by atoms with Crippen LogP contribution in [-0.2, 0) is 17.9 Å². The van der Waals surface area contributed by atoms with Crippen molar-refractivity contribution in [1.29, 1.82) is 0 Å². The Labute approximate surface area is 182 Å². The Kier molecular flexibility index (Phi) is 6.79. The summed E-state index contributed by atoms with van der Waals surface area (Å²) >= 11 is 0.